The molecule has 0 spiro atoms. The zero-order valence-electron chi connectivity index (χ0n) is 21.3. The number of aromatic nitrogens is 4. The lowest BCUT2D eigenvalue weighted by Gasteiger charge is -2.25. The maximum absolute atomic E-state index is 13.8. The molecule has 5 aromatic rings. The smallest absolute Gasteiger partial charge is 0.249 e. The normalized spacial score (nSPS) is 12.1. The Morgan fingerprint density at radius 1 is 0.973 bits per heavy atom. The number of amides is 2. The Morgan fingerprint density at radius 2 is 1.73 bits per heavy atom. The fraction of sp³-hybridized carbons (Fsp3) is 0.241. The van der Waals surface area contributed by atoms with Crippen LogP contribution < -0.4 is 10.2 Å². The van der Waals surface area contributed by atoms with Crippen molar-refractivity contribution in [1.82, 2.24) is 24.4 Å². The molecule has 37 heavy (non-hydrogen) atoms. The van der Waals surface area contributed by atoms with E-state index in [4.69, 9.17) is 0 Å². The summed E-state index contributed by atoms with van der Waals surface area (Å²) in [7, 11) is 1.75. The number of para-hydroxylation sites is 2. The summed E-state index contributed by atoms with van der Waals surface area (Å²) in [6.07, 6.45) is 2.03. The second kappa shape index (κ2) is 10.3. The van der Waals surface area contributed by atoms with Gasteiger partial charge in [0, 0.05) is 25.7 Å². The molecule has 8 nitrogen and oxygen atoms in total. The van der Waals surface area contributed by atoms with Crippen LogP contribution in [0.3, 0.4) is 0 Å². The van der Waals surface area contributed by atoms with Crippen LogP contribution in [0.4, 0.5) is 5.69 Å². The lowest BCUT2D eigenvalue weighted by molar-refractivity contribution is -0.127. The number of hydrogen-bond donors (Lipinski definition) is 1. The summed E-state index contributed by atoms with van der Waals surface area (Å²) in [4.78, 5) is 37.5. The van der Waals surface area contributed by atoms with E-state index in [-0.39, 0.29) is 18.4 Å². The van der Waals surface area contributed by atoms with E-state index < -0.39 is 6.04 Å². The molecule has 5 rings (SSSR count). The van der Waals surface area contributed by atoms with Gasteiger partial charge in [0.25, 0.3) is 0 Å². The summed E-state index contributed by atoms with van der Waals surface area (Å²) in [6, 6.07) is 22.5. The van der Waals surface area contributed by atoms with Gasteiger partial charge in [-0.25, -0.2) is 9.97 Å². The molecule has 0 saturated heterocycles. The zero-order valence-corrected chi connectivity index (χ0v) is 21.3. The molecule has 0 bridgehead atoms. The molecule has 1 N–H and O–H groups in total. The third kappa shape index (κ3) is 4.95. The van der Waals surface area contributed by atoms with Crippen molar-refractivity contribution in [3.8, 4) is 0 Å². The van der Waals surface area contributed by atoms with E-state index in [9.17, 15) is 9.59 Å². The van der Waals surface area contributed by atoms with Gasteiger partial charge in [-0.2, -0.15) is 0 Å². The van der Waals surface area contributed by atoms with E-state index in [1.807, 2.05) is 79.7 Å². The monoisotopic (exact) mass is 494 g/mol. The van der Waals surface area contributed by atoms with Gasteiger partial charge in [0.1, 0.15) is 18.4 Å². The molecule has 0 aliphatic rings. The quantitative estimate of drug-likeness (QED) is 0.352. The van der Waals surface area contributed by atoms with Crippen LogP contribution in [0.15, 0.2) is 79.1 Å². The Kier molecular flexibility index (Phi) is 6.72. The largest absolute Gasteiger partial charge is 0.342 e. The minimum absolute atomic E-state index is 0.0731. The van der Waals surface area contributed by atoms with Crippen molar-refractivity contribution < 1.29 is 9.59 Å². The molecule has 0 fully saturated rings. The number of carbonyl (C=O) groups is 2. The van der Waals surface area contributed by atoms with Crippen molar-refractivity contribution in [2.24, 2.45) is 0 Å². The number of nitrogens with zero attached hydrogens (tertiary/aromatic N) is 5. The predicted octanol–water partition coefficient (Wildman–Crippen LogP) is 4.10. The summed E-state index contributed by atoms with van der Waals surface area (Å²) in [5.41, 5.74) is 5.29. The van der Waals surface area contributed by atoms with Crippen molar-refractivity contribution in [2.75, 3.05) is 11.9 Å². The van der Waals surface area contributed by atoms with Gasteiger partial charge in [-0.3, -0.25) is 9.59 Å². The number of carbonyl (C=O) groups excluding carboxylic acids is 2. The SMILES string of the molecule is CCn1c(C)nc2ccc(N(C)C(=O)[C@H](Cc3ccccc3)NC(=O)Cn3cnc4ccccc43)cc21. The van der Waals surface area contributed by atoms with E-state index in [0.29, 0.717) is 6.42 Å². The van der Waals surface area contributed by atoms with Gasteiger partial charge < -0.3 is 19.4 Å². The number of aryl methyl sites for hydroxylation is 2. The Balaban J connectivity index is 1.40. The summed E-state index contributed by atoms with van der Waals surface area (Å²) in [5.74, 6) is 0.497. The van der Waals surface area contributed by atoms with Crippen molar-refractivity contribution in [3.05, 3.63) is 90.5 Å². The highest BCUT2D eigenvalue weighted by atomic mass is 16.2. The van der Waals surface area contributed by atoms with Gasteiger partial charge in [-0.1, -0.05) is 42.5 Å². The van der Waals surface area contributed by atoms with Crippen molar-refractivity contribution in [2.45, 2.75) is 39.4 Å². The van der Waals surface area contributed by atoms with Crippen LogP contribution in [-0.4, -0.2) is 44.0 Å². The molecule has 188 valence electrons. The number of anilines is 1. The highest BCUT2D eigenvalue weighted by molar-refractivity contribution is 6.00. The number of fused-ring (bicyclic) bond motifs is 2. The molecule has 0 aliphatic heterocycles. The summed E-state index contributed by atoms with van der Waals surface area (Å²) in [6.45, 7) is 4.92. The predicted molar refractivity (Wildman–Crippen MR) is 145 cm³/mol. The van der Waals surface area contributed by atoms with E-state index in [0.717, 1.165) is 45.7 Å². The maximum Gasteiger partial charge on any atom is 0.249 e. The number of nitrogens with one attached hydrogen (secondary N) is 1. The maximum atomic E-state index is 13.8. The third-order valence-corrected chi connectivity index (χ3v) is 6.71. The van der Waals surface area contributed by atoms with Crippen LogP contribution in [0.2, 0.25) is 0 Å². The van der Waals surface area contributed by atoms with E-state index in [2.05, 4.69) is 26.8 Å². The van der Waals surface area contributed by atoms with Crippen LogP contribution in [0, 0.1) is 6.92 Å². The van der Waals surface area contributed by atoms with Gasteiger partial charge in [0.05, 0.1) is 28.4 Å². The minimum Gasteiger partial charge on any atom is -0.342 e. The van der Waals surface area contributed by atoms with Crippen molar-refractivity contribution >= 4 is 39.6 Å². The molecule has 3 aromatic carbocycles. The fourth-order valence-electron chi connectivity index (χ4n) is 4.78. The van der Waals surface area contributed by atoms with Crippen molar-refractivity contribution in [3.63, 3.8) is 0 Å². The third-order valence-electron chi connectivity index (χ3n) is 6.71. The molecular weight excluding hydrogens is 464 g/mol. The minimum atomic E-state index is -0.733. The molecule has 8 heteroatoms. The van der Waals surface area contributed by atoms with Crippen LogP contribution >= 0.6 is 0 Å². The molecule has 1 atom stereocenters. The average Bonchev–Trinajstić information content (AvgIpc) is 3.46. The second-order valence-electron chi connectivity index (χ2n) is 9.14. The molecule has 2 heterocycles. The van der Waals surface area contributed by atoms with Crippen LogP contribution in [-0.2, 0) is 29.1 Å². The Hall–Kier alpha value is -4.46. The van der Waals surface area contributed by atoms with E-state index in [1.54, 1.807) is 22.8 Å². The standard InChI is InChI=1S/C29H30N6O2/c1-4-35-20(2)31-24-15-14-22(17-27(24)35)33(3)29(37)25(16-21-10-6-5-7-11-21)32-28(36)18-34-19-30-23-12-8-9-13-26(23)34/h5-15,17,19,25H,4,16,18H2,1-3H3,(H,32,36)/t25-/m0/s1. The van der Waals surface area contributed by atoms with Crippen LogP contribution in [0.25, 0.3) is 22.1 Å². The molecule has 0 aliphatic carbocycles. The molecule has 0 saturated carbocycles. The summed E-state index contributed by atoms with van der Waals surface area (Å²) < 4.78 is 3.91. The first-order chi connectivity index (χ1) is 17.9. The molecule has 2 aromatic heterocycles. The van der Waals surface area contributed by atoms with Gasteiger partial charge in [0.2, 0.25) is 11.8 Å². The lowest BCUT2D eigenvalue weighted by Crippen LogP contribution is -2.49. The number of benzene rings is 3. The summed E-state index contributed by atoms with van der Waals surface area (Å²) in [5, 5.41) is 2.99. The highest BCUT2D eigenvalue weighted by Crippen LogP contribution is 2.23. The second-order valence-corrected chi connectivity index (χ2v) is 9.14. The summed E-state index contributed by atoms with van der Waals surface area (Å²) >= 11 is 0. The van der Waals surface area contributed by atoms with Gasteiger partial charge >= 0.3 is 0 Å². The number of likely N-dealkylation sites (N-methyl/N-ethyl adjacent to an activating group) is 1. The number of hydrogen-bond acceptors (Lipinski definition) is 4. The van der Waals surface area contributed by atoms with E-state index in [1.165, 1.54) is 0 Å². The van der Waals surface area contributed by atoms with Crippen LogP contribution in [0.5, 0.6) is 0 Å². The molecule has 2 amide bonds. The van der Waals surface area contributed by atoms with Gasteiger partial charge in [-0.15, -0.1) is 0 Å². The molecule has 0 radical (unpaired) electrons. The first-order valence-corrected chi connectivity index (χ1v) is 12.4. The highest BCUT2D eigenvalue weighted by Gasteiger charge is 2.26. The average molecular weight is 495 g/mol. The van der Waals surface area contributed by atoms with E-state index >= 15 is 0 Å². The first-order valence-electron chi connectivity index (χ1n) is 12.4. The number of rotatable bonds is 8. The molecule has 0 unspecified atom stereocenters. The number of imidazole rings is 2. The zero-order chi connectivity index (χ0) is 25.9. The Morgan fingerprint density at radius 3 is 2.51 bits per heavy atom. The Bertz CT molecular complexity index is 1570. The Labute approximate surface area is 215 Å². The molecular formula is C29H30N6O2. The van der Waals surface area contributed by atoms with Crippen molar-refractivity contribution in [1.29, 1.82) is 0 Å². The lowest BCUT2D eigenvalue weighted by atomic mass is 10.0. The van der Waals surface area contributed by atoms with Gasteiger partial charge in [0.15, 0.2) is 0 Å². The topological polar surface area (TPSA) is 85.0 Å². The van der Waals surface area contributed by atoms with Gasteiger partial charge in [-0.05, 0) is 49.7 Å². The van der Waals surface area contributed by atoms with Crippen LogP contribution in [0.1, 0.15) is 18.3 Å². The fourth-order valence-corrected chi connectivity index (χ4v) is 4.78. The first kappa shape index (κ1) is 24.2.